The minimum atomic E-state index is -0.347. The average molecular weight is 277 g/mol. The van der Waals surface area contributed by atoms with E-state index in [9.17, 15) is 4.79 Å². The van der Waals surface area contributed by atoms with Gasteiger partial charge in [-0.2, -0.15) is 0 Å². The fourth-order valence-corrected chi connectivity index (χ4v) is 1.67. The monoisotopic (exact) mass is 277 g/mol. The molecule has 0 bridgehead atoms. The molecule has 0 radical (unpaired) electrons. The minimum Gasteiger partial charge on any atom is -0.497 e. The van der Waals surface area contributed by atoms with Crippen molar-refractivity contribution >= 4 is 0 Å². The van der Waals surface area contributed by atoms with Crippen LogP contribution in [0.3, 0.4) is 0 Å². The number of hydrogen-bond acceptors (Lipinski definition) is 6. The second kappa shape index (κ2) is 6.21. The third kappa shape index (κ3) is 3.36. The molecule has 106 valence electrons. The Morgan fingerprint density at radius 2 is 2.15 bits per heavy atom. The Kier molecular flexibility index (Phi) is 4.37. The van der Waals surface area contributed by atoms with E-state index < -0.39 is 0 Å². The van der Waals surface area contributed by atoms with Crippen LogP contribution in [0.25, 0.3) is 0 Å². The number of nitrogens with zero attached hydrogens (tertiary/aromatic N) is 1. The molecule has 20 heavy (non-hydrogen) atoms. The lowest BCUT2D eigenvalue weighted by Crippen LogP contribution is -2.09. The highest BCUT2D eigenvalue weighted by Gasteiger charge is 2.06. The standard InChI is InChI=1S/C14H15NO5/c1-9-3-11(18-2)4-10(15-9)7-20-14-8-19-12(6-16)5-13(14)17/h3-5,8,16H,6-7H2,1-2H3. The average Bonchev–Trinajstić information content (AvgIpc) is 2.45. The summed E-state index contributed by atoms with van der Waals surface area (Å²) < 4.78 is 15.5. The molecule has 0 amide bonds. The van der Waals surface area contributed by atoms with Gasteiger partial charge in [0.05, 0.1) is 12.8 Å². The lowest BCUT2D eigenvalue weighted by molar-refractivity contribution is 0.235. The van der Waals surface area contributed by atoms with Crippen LogP contribution in [0.1, 0.15) is 17.1 Å². The SMILES string of the molecule is COc1cc(C)nc(COc2coc(CO)cc2=O)c1. The van der Waals surface area contributed by atoms with Crippen molar-refractivity contribution < 1.29 is 19.0 Å². The summed E-state index contributed by atoms with van der Waals surface area (Å²) in [5.41, 5.74) is 1.10. The molecule has 6 heteroatoms. The highest BCUT2D eigenvalue weighted by molar-refractivity contribution is 5.27. The molecule has 2 rings (SSSR count). The van der Waals surface area contributed by atoms with Crippen molar-refractivity contribution in [2.45, 2.75) is 20.1 Å². The van der Waals surface area contributed by atoms with Crippen molar-refractivity contribution in [1.29, 1.82) is 0 Å². The summed E-state index contributed by atoms with van der Waals surface area (Å²) in [6.45, 7) is 1.64. The molecule has 0 aliphatic rings. The van der Waals surface area contributed by atoms with Crippen molar-refractivity contribution in [3.8, 4) is 11.5 Å². The number of aryl methyl sites for hydroxylation is 1. The zero-order valence-electron chi connectivity index (χ0n) is 11.3. The molecule has 0 spiro atoms. The van der Waals surface area contributed by atoms with Gasteiger partial charge in [-0.05, 0) is 6.92 Å². The summed E-state index contributed by atoms with van der Waals surface area (Å²) in [6.07, 6.45) is 1.18. The van der Waals surface area contributed by atoms with Crippen molar-refractivity contribution in [3.05, 3.63) is 51.8 Å². The topological polar surface area (TPSA) is 81.8 Å². The predicted molar refractivity (Wildman–Crippen MR) is 70.8 cm³/mol. The number of aliphatic hydroxyl groups is 1. The summed E-state index contributed by atoms with van der Waals surface area (Å²) in [5.74, 6) is 0.945. The van der Waals surface area contributed by atoms with Crippen LogP contribution < -0.4 is 14.9 Å². The van der Waals surface area contributed by atoms with Crippen LogP contribution in [0.4, 0.5) is 0 Å². The van der Waals surface area contributed by atoms with Gasteiger partial charge >= 0.3 is 0 Å². The number of aromatic nitrogens is 1. The number of rotatable bonds is 5. The van der Waals surface area contributed by atoms with E-state index in [2.05, 4.69) is 4.98 Å². The van der Waals surface area contributed by atoms with Gasteiger partial charge in [-0.3, -0.25) is 9.78 Å². The van der Waals surface area contributed by atoms with Gasteiger partial charge in [-0.25, -0.2) is 0 Å². The summed E-state index contributed by atoms with van der Waals surface area (Å²) in [5, 5.41) is 8.85. The van der Waals surface area contributed by atoms with E-state index in [1.54, 1.807) is 19.2 Å². The second-order valence-electron chi connectivity index (χ2n) is 4.16. The maximum absolute atomic E-state index is 11.7. The predicted octanol–water partition coefficient (Wildman–Crippen LogP) is 1.42. The molecule has 2 aromatic heterocycles. The van der Waals surface area contributed by atoms with Crippen molar-refractivity contribution in [1.82, 2.24) is 4.98 Å². The zero-order valence-corrected chi connectivity index (χ0v) is 11.3. The first-order chi connectivity index (χ1) is 9.62. The highest BCUT2D eigenvalue weighted by atomic mass is 16.5. The Bertz CT molecular complexity index is 650. The Hall–Kier alpha value is -2.34. The lowest BCUT2D eigenvalue weighted by atomic mass is 10.3. The van der Waals surface area contributed by atoms with Crippen molar-refractivity contribution in [2.75, 3.05) is 7.11 Å². The Morgan fingerprint density at radius 3 is 2.80 bits per heavy atom. The van der Waals surface area contributed by atoms with Gasteiger partial charge in [0.25, 0.3) is 0 Å². The lowest BCUT2D eigenvalue weighted by Gasteiger charge is -2.07. The summed E-state index contributed by atoms with van der Waals surface area (Å²) in [4.78, 5) is 16.0. The van der Waals surface area contributed by atoms with Crippen molar-refractivity contribution in [2.24, 2.45) is 0 Å². The maximum Gasteiger partial charge on any atom is 0.227 e. The molecular weight excluding hydrogens is 262 g/mol. The van der Waals surface area contributed by atoms with Crippen LogP contribution in [-0.4, -0.2) is 17.2 Å². The smallest absolute Gasteiger partial charge is 0.227 e. The number of hydrogen-bond donors (Lipinski definition) is 1. The Balaban J connectivity index is 2.12. The van der Waals surface area contributed by atoms with E-state index in [0.29, 0.717) is 11.4 Å². The van der Waals surface area contributed by atoms with Crippen LogP contribution in [0.15, 0.2) is 33.7 Å². The first kappa shape index (κ1) is 14.1. The van der Waals surface area contributed by atoms with E-state index in [0.717, 1.165) is 5.69 Å². The quantitative estimate of drug-likeness (QED) is 0.890. The molecule has 0 saturated carbocycles. The largest absolute Gasteiger partial charge is 0.497 e. The number of pyridine rings is 1. The van der Waals surface area contributed by atoms with E-state index in [4.69, 9.17) is 19.0 Å². The van der Waals surface area contributed by atoms with Gasteiger partial charge in [0.15, 0.2) is 0 Å². The minimum absolute atomic E-state index is 0.0736. The maximum atomic E-state index is 11.7. The first-order valence-corrected chi connectivity index (χ1v) is 5.99. The fourth-order valence-electron chi connectivity index (χ4n) is 1.67. The van der Waals surface area contributed by atoms with E-state index in [1.165, 1.54) is 12.3 Å². The van der Waals surface area contributed by atoms with Gasteiger partial charge in [-0.15, -0.1) is 0 Å². The number of ether oxygens (including phenoxy) is 2. The summed E-state index contributed by atoms with van der Waals surface area (Å²) in [7, 11) is 1.57. The van der Waals surface area contributed by atoms with Crippen molar-refractivity contribution in [3.63, 3.8) is 0 Å². The van der Waals surface area contributed by atoms with Gasteiger partial charge < -0.3 is 19.0 Å². The molecule has 0 atom stereocenters. The third-order valence-corrected chi connectivity index (χ3v) is 2.60. The van der Waals surface area contributed by atoms with Crippen LogP contribution in [0.2, 0.25) is 0 Å². The fraction of sp³-hybridized carbons (Fsp3) is 0.286. The Labute approximate surface area is 115 Å². The molecule has 2 aromatic rings. The molecule has 2 heterocycles. The molecule has 0 fully saturated rings. The zero-order chi connectivity index (χ0) is 14.5. The molecule has 0 aromatic carbocycles. The molecule has 0 unspecified atom stereocenters. The third-order valence-electron chi connectivity index (χ3n) is 2.60. The summed E-state index contributed by atoms with van der Waals surface area (Å²) in [6, 6.07) is 4.73. The molecule has 0 aliphatic heterocycles. The van der Waals surface area contributed by atoms with Gasteiger partial charge in [0, 0.05) is 23.9 Å². The van der Waals surface area contributed by atoms with Gasteiger partial charge in [0.2, 0.25) is 11.2 Å². The van der Waals surface area contributed by atoms with Gasteiger partial charge in [0.1, 0.15) is 31.0 Å². The molecule has 6 nitrogen and oxygen atoms in total. The van der Waals surface area contributed by atoms with Crippen LogP contribution in [-0.2, 0) is 13.2 Å². The van der Waals surface area contributed by atoms with Crippen LogP contribution in [0.5, 0.6) is 11.5 Å². The molecule has 1 N–H and O–H groups in total. The number of methoxy groups -OCH3 is 1. The highest BCUT2D eigenvalue weighted by Crippen LogP contribution is 2.15. The van der Waals surface area contributed by atoms with E-state index >= 15 is 0 Å². The molecule has 0 saturated heterocycles. The van der Waals surface area contributed by atoms with Crippen LogP contribution in [0, 0.1) is 6.92 Å². The summed E-state index contributed by atoms with van der Waals surface area (Å²) >= 11 is 0. The van der Waals surface area contributed by atoms with E-state index in [1.807, 2.05) is 6.92 Å². The Morgan fingerprint density at radius 1 is 1.35 bits per heavy atom. The molecular formula is C14H15NO5. The second-order valence-corrected chi connectivity index (χ2v) is 4.16. The normalized spacial score (nSPS) is 10.3. The first-order valence-electron chi connectivity index (χ1n) is 5.99. The van der Waals surface area contributed by atoms with Crippen LogP contribution >= 0.6 is 0 Å². The molecule has 0 aliphatic carbocycles. The van der Waals surface area contributed by atoms with E-state index in [-0.39, 0.29) is 30.2 Å². The number of aliphatic hydroxyl groups excluding tert-OH is 1. The van der Waals surface area contributed by atoms with Gasteiger partial charge in [-0.1, -0.05) is 0 Å².